The normalized spacial score (nSPS) is 16.4. The summed E-state index contributed by atoms with van der Waals surface area (Å²) in [6, 6.07) is 7.66. The summed E-state index contributed by atoms with van der Waals surface area (Å²) in [6.07, 6.45) is 2.73. The number of ether oxygens (including phenoxy) is 3. The highest BCUT2D eigenvalue weighted by molar-refractivity contribution is 6.32. The van der Waals surface area contributed by atoms with Crippen molar-refractivity contribution in [3.63, 3.8) is 0 Å². The van der Waals surface area contributed by atoms with Gasteiger partial charge in [-0.2, -0.15) is 0 Å². The topological polar surface area (TPSA) is 80.2 Å². The van der Waals surface area contributed by atoms with E-state index in [1.807, 2.05) is 24.3 Å². The maximum atomic E-state index is 6.29. The molecule has 1 saturated heterocycles. The number of hydrogen-bond donors (Lipinski definition) is 2. The van der Waals surface area contributed by atoms with Crippen LogP contribution in [0.1, 0.15) is 12.0 Å². The van der Waals surface area contributed by atoms with Crippen molar-refractivity contribution < 1.29 is 14.2 Å². The third-order valence-electron chi connectivity index (χ3n) is 5.02. The van der Waals surface area contributed by atoms with E-state index in [1.54, 1.807) is 34.6 Å². The number of methoxy groups -OCH3 is 3. The first kappa shape index (κ1) is 21.8. The molecule has 1 fully saturated rings. The quantitative estimate of drug-likeness (QED) is 0.513. The minimum atomic E-state index is 0.238. The Bertz CT molecular complexity index is 893. The number of rotatable bonds is 7. The fourth-order valence-corrected chi connectivity index (χ4v) is 3.72. The first-order valence-corrected chi connectivity index (χ1v) is 10.1. The first-order chi connectivity index (χ1) is 14.6. The fourth-order valence-electron chi connectivity index (χ4n) is 3.48. The molecule has 0 spiro atoms. The molecule has 2 aromatic rings. The summed E-state index contributed by atoms with van der Waals surface area (Å²) in [7, 11) is 6.60. The predicted molar refractivity (Wildman–Crippen MR) is 119 cm³/mol. The Kier molecular flexibility index (Phi) is 7.46. The zero-order valence-electron chi connectivity index (χ0n) is 17.7. The molecular formula is C21H28ClN5O3. The van der Waals surface area contributed by atoms with E-state index in [4.69, 9.17) is 25.8 Å². The van der Waals surface area contributed by atoms with Gasteiger partial charge in [-0.15, -0.1) is 0 Å². The molecular weight excluding hydrogens is 406 g/mol. The highest BCUT2D eigenvalue weighted by Crippen LogP contribution is 2.34. The van der Waals surface area contributed by atoms with Gasteiger partial charge in [0.15, 0.2) is 17.5 Å². The van der Waals surface area contributed by atoms with E-state index in [0.717, 1.165) is 30.9 Å². The lowest BCUT2D eigenvalue weighted by molar-refractivity contribution is 0.347. The number of aromatic nitrogens is 1. The van der Waals surface area contributed by atoms with E-state index in [2.05, 4.69) is 25.5 Å². The van der Waals surface area contributed by atoms with Crippen LogP contribution in [0.5, 0.6) is 17.2 Å². The van der Waals surface area contributed by atoms with Crippen molar-refractivity contribution in [1.29, 1.82) is 0 Å². The third-order valence-corrected chi connectivity index (χ3v) is 5.32. The van der Waals surface area contributed by atoms with Crippen LogP contribution in [0.4, 0.5) is 5.82 Å². The lowest BCUT2D eigenvalue weighted by atomic mass is 10.1. The summed E-state index contributed by atoms with van der Waals surface area (Å²) in [4.78, 5) is 10.9. The van der Waals surface area contributed by atoms with Gasteiger partial charge in [0, 0.05) is 50.6 Å². The van der Waals surface area contributed by atoms with E-state index >= 15 is 0 Å². The second-order valence-corrected chi connectivity index (χ2v) is 7.24. The van der Waals surface area contributed by atoms with Gasteiger partial charge in [0.2, 0.25) is 0 Å². The lowest BCUT2D eigenvalue weighted by Crippen LogP contribution is -2.44. The second-order valence-electron chi connectivity index (χ2n) is 6.83. The molecule has 1 aromatic carbocycles. The van der Waals surface area contributed by atoms with Gasteiger partial charge in [-0.05, 0) is 24.6 Å². The van der Waals surface area contributed by atoms with Crippen molar-refractivity contribution in [2.24, 2.45) is 4.99 Å². The summed E-state index contributed by atoms with van der Waals surface area (Å²) in [5.41, 5.74) is 0.936. The minimum absolute atomic E-state index is 0.238. The Balaban J connectivity index is 1.61. The molecule has 0 radical (unpaired) electrons. The average molecular weight is 434 g/mol. The maximum absolute atomic E-state index is 6.29. The Morgan fingerprint density at radius 1 is 1.20 bits per heavy atom. The SMILES string of the molecule is CN=C(NCc1cc(OC)c(OC)cc1OC)NC1CCN(c2ncccc2Cl)C1. The van der Waals surface area contributed by atoms with Gasteiger partial charge >= 0.3 is 0 Å². The zero-order chi connectivity index (χ0) is 21.5. The van der Waals surface area contributed by atoms with Gasteiger partial charge in [-0.3, -0.25) is 4.99 Å². The minimum Gasteiger partial charge on any atom is -0.496 e. The molecule has 2 heterocycles. The molecule has 162 valence electrons. The molecule has 8 nitrogen and oxygen atoms in total. The molecule has 0 aliphatic carbocycles. The molecule has 9 heteroatoms. The standard InChI is InChI=1S/C21H28ClN5O3/c1-23-21(25-12-14-10-18(29-3)19(30-4)11-17(14)28-2)26-15-7-9-27(13-15)20-16(22)6-5-8-24-20/h5-6,8,10-11,15H,7,9,12-13H2,1-4H3,(H2,23,25,26). The third kappa shape index (κ3) is 4.99. The van der Waals surface area contributed by atoms with Gasteiger partial charge in [0.05, 0.1) is 26.4 Å². The molecule has 0 amide bonds. The Labute approximate surface area is 182 Å². The van der Waals surface area contributed by atoms with E-state index in [9.17, 15) is 0 Å². The fraction of sp³-hybridized carbons (Fsp3) is 0.429. The monoisotopic (exact) mass is 433 g/mol. The van der Waals surface area contributed by atoms with E-state index in [1.165, 1.54) is 0 Å². The molecule has 1 aliphatic rings. The van der Waals surface area contributed by atoms with Gasteiger partial charge in [0.1, 0.15) is 11.6 Å². The van der Waals surface area contributed by atoms with Crippen molar-refractivity contribution in [1.82, 2.24) is 15.6 Å². The Hall–Kier alpha value is -2.87. The van der Waals surface area contributed by atoms with Crippen LogP contribution < -0.4 is 29.7 Å². The number of hydrogen-bond acceptors (Lipinski definition) is 6. The number of guanidine groups is 1. The van der Waals surface area contributed by atoms with E-state index in [0.29, 0.717) is 34.8 Å². The molecule has 1 aliphatic heterocycles. The van der Waals surface area contributed by atoms with Crippen molar-refractivity contribution >= 4 is 23.4 Å². The number of halogens is 1. The van der Waals surface area contributed by atoms with Crippen LogP contribution in [-0.4, -0.2) is 58.5 Å². The summed E-state index contributed by atoms with van der Waals surface area (Å²) < 4.78 is 16.2. The largest absolute Gasteiger partial charge is 0.496 e. The maximum Gasteiger partial charge on any atom is 0.191 e. The van der Waals surface area contributed by atoms with E-state index in [-0.39, 0.29) is 6.04 Å². The van der Waals surface area contributed by atoms with Crippen molar-refractivity contribution in [2.45, 2.75) is 19.0 Å². The Morgan fingerprint density at radius 3 is 2.60 bits per heavy atom. The molecule has 2 N–H and O–H groups in total. The summed E-state index contributed by atoms with van der Waals surface area (Å²) in [5, 5.41) is 7.49. The van der Waals surface area contributed by atoms with Gasteiger partial charge < -0.3 is 29.7 Å². The number of benzene rings is 1. The zero-order valence-corrected chi connectivity index (χ0v) is 18.5. The Morgan fingerprint density at radius 2 is 1.93 bits per heavy atom. The predicted octanol–water partition coefficient (Wildman–Crippen LogP) is 2.70. The summed E-state index contributed by atoms with van der Waals surface area (Å²) in [6.45, 7) is 2.21. The first-order valence-electron chi connectivity index (χ1n) is 9.71. The van der Waals surface area contributed by atoms with Crippen LogP contribution in [0, 0.1) is 0 Å². The molecule has 30 heavy (non-hydrogen) atoms. The van der Waals surface area contributed by atoms with Crippen molar-refractivity contribution in [2.75, 3.05) is 46.4 Å². The molecule has 1 aromatic heterocycles. The van der Waals surface area contributed by atoms with Gasteiger partial charge in [-0.1, -0.05) is 11.6 Å². The van der Waals surface area contributed by atoms with Crippen LogP contribution in [0.15, 0.2) is 35.5 Å². The number of nitrogens with one attached hydrogen (secondary N) is 2. The van der Waals surface area contributed by atoms with Crippen LogP contribution in [0.3, 0.4) is 0 Å². The lowest BCUT2D eigenvalue weighted by Gasteiger charge is -2.21. The van der Waals surface area contributed by atoms with Crippen LogP contribution in [0.25, 0.3) is 0 Å². The molecule has 1 unspecified atom stereocenters. The number of nitrogens with zero attached hydrogens (tertiary/aromatic N) is 3. The highest BCUT2D eigenvalue weighted by Gasteiger charge is 2.25. The molecule has 0 saturated carbocycles. The average Bonchev–Trinajstić information content (AvgIpc) is 3.24. The number of anilines is 1. The molecule has 0 bridgehead atoms. The smallest absolute Gasteiger partial charge is 0.191 e. The van der Waals surface area contributed by atoms with E-state index < -0.39 is 0 Å². The van der Waals surface area contributed by atoms with Crippen LogP contribution in [-0.2, 0) is 6.54 Å². The van der Waals surface area contributed by atoms with Crippen molar-refractivity contribution in [3.8, 4) is 17.2 Å². The number of aliphatic imine (C=N–C) groups is 1. The summed E-state index contributed by atoms with van der Waals surface area (Å²) in [5.74, 6) is 3.52. The second kappa shape index (κ2) is 10.2. The van der Waals surface area contributed by atoms with Crippen molar-refractivity contribution in [3.05, 3.63) is 41.0 Å². The van der Waals surface area contributed by atoms with Crippen LogP contribution in [0.2, 0.25) is 5.02 Å². The molecule has 1 atom stereocenters. The summed E-state index contributed by atoms with van der Waals surface area (Å²) >= 11 is 6.29. The van der Waals surface area contributed by atoms with Gasteiger partial charge in [0.25, 0.3) is 0 Å². The molecule has 3 rings (SSSR count). The number of pyridine rings is 1. The highest BCUT2D eigenvalue weighted by atomic mass is 35.5. The van der Waals surface area contributed by atoms with Crippen LogP contribution >= 0.6 is 11.6 Å². The van der Waals surface area contributed by atoms with Gasteiger partial charge in [-0.25, -0.2) is 4.98 Å².